The Bertz CT molecular complexity index is 305. The van der Waals surface area contributed by atoms with Crippen molar-refractivity contribution in [1.29, 1.82) is 0 Å². The minimum absolute atomic E-state index is 0.208. The molecule has 1 rings (SSSR count). The average molecular weight is 224 g/mol. The third kappa shape index (κ3) is 3.02. The Hall–Kier alpha value is -1.04. The molecular formula is C8H7F3O2S. The fourth-order valence-electron chi connectivity index (χ4n) is 1.05. The second kappa shape index (κ2) is 4.00. The molecule has 0 aliphatic rings. The van der Waals surface area contributed by atoms with Gasteiger partial charge in [0.25, 0.3) is 0 Å². The Labute approximate surface area is 82.0 Å². The Kier molecular flexibility index (Phi) is 3.15. The highest BCUT2D eigenvalue weighted by Crippen LogP contribution is 2.32. The predicted molar refractivity (Wildman–Crippen MR) is 45.4 cm³/mol. The lowest BCUT2D eigenvalue weighted by atomic mass is 9.99. The molecule has 1 aromatic heterocycles. The molecule has 0 amide bonds. The first-order valence-electron chi connectivity index (χ1n) is 3.72. The van der Waals surface area contributed by atoms with Gasteiger partial charge in [-0.3, -0.25) is 4.79 Å². The van der Waals surface area contributed by atoms with Gasteiger partial charge in [-0.15, -0.1) is 0 Å². The summed E-state index contributed by atoms with van der Waals surface area (Å²) >= 11 is 1.18. The molecule has 0 saturated carbocycles. The molecule has 0 aliphatic carbocycles. The Morgan fingerprint density at radius 3 is 2.57 bits per heavy atom. The standard InChI is InChI=1S/C8H7F3O2S/c9-8(10,11)3-6(7(12)13)5-1-2-14-4-5/h1-2,4,6H,3H2,(H,12,13). The summed E-state index contributed by atoms with van der Waals surface area (Å²) in [4.78, 5) is 10.6. The van der Waals surface area contributed by atoms with Crippen molar-refractivity contribution < 1.29 is 23.1 Å². The zero-order chi connectivity index (χ0) is 10.8. The third-order valence-electron chi connectivity index (χ3n) is 1.68. The van der Waals surface area contributed by atoms with E-state index in [2.05, 4.69) is 0 Å². The highest BCUT2D eigenvalue weighted by atomic mass is 32.1. The number of rotatable bonds is 3. The fourth-order valence-corrected chi connectivity index (χ4v) is 1.77. The summed E-state index contributed by atoms with van der Waals surface area (Å²) in [5.41, 5.74) is 0.208. The fraction of sp³-hybridized carbons (Fsp3) is 0.375. The van der Waals surface area contributed by atoms with Crippen molar-refractivity contribution in [3.05, 3.63) is 22.4 Å². The Morgan fingerprint density at radius 2 is 2.21 bits per heavy atom. The predicted octanol–water partition coefficient (Wildman–Crippen LogP) is 2.87. The number of carbonyl (C=O) groups is 1. The first kappa shape index (κ1) is 11.0. The van der Waals surface area contributed by atoms with Crippen LogP contribution < -0.4 is 0 Å². The van der Waals surface area contributed by atoms with Gasteiger partial charge in [-0.2, -0.15) is 24.5 Å². The van der Waals surface area contributed by atoms with Crippen LogP contribution >= 0.6 is 11.3 Å². The molecule has 0 saturated heterocycles. The zero-order valence-electron chi connectivity index (χ0n) is 6.91. The van der Waals surface area contributed by atoms with E-state index in [1.54, 1.807) is 5.38 Å². The quantitative estimate of drug-likeness (QED) is 0.857. The maximum Gasteiger partial charge on any atom is 0.390 e. The van der Waals surface area contributed by atoms with E-state index in [-0.39, 0.29) is 5.56 Å². The molecule has 1 unspecified atom stereocenters. The van der Waals surface area contributed by atoms with Crippen LogP contribution in [-0.2, 0) is 4.79 Å². The summed E-state index contributed by atoms with van der Waals surface area (Å²) in [5, 5.41) is 11.6. The van der Waals surface area contributed by atoms with Gasteiger partial charge in [0.2, 0.25) is 0 Å². The maximum atomic E-state index is 12.0. The number of hydrogen-bond acceptors (Lipinski definition) is 2. The zero-order valence-corrected chi connectivity index (χ0v) is 7.73. The summed E-state index contributed by atoms with van der Waals surface area (Å²) in [6.45, 7) is 0. The van der Waals surface area contributed by atoms with E-state index in [4.69, 9.17) is 5.11 Å². The summed E-state index contributed by atoms with van der Waals surface area (Å²) in [6.07, 6.45) is -5.77. The van der Waals surface area contributed by atoms with E-state index in [0.29, 0.717) is 0 Å². The van der Waals surface area contributed by atoms with Crippen LogP contribution in [0.2, 0.25) is 0 Å². The van der Waals surface area contributed by atoms with Crippen molar-refractivity contribution in [3.63, 3.8) is 0 Å². The molecule has 6 heteroatoms. The van der Waals surface area contributed by atoms with E-state index >= 15 is 0 Å². The van der Waals surface area contributed by atoms with Crippen LogP contribution in [0.15, 0.2) is 16.8 Å². The van der Waals surface area contributed by atoms with Crippen molar-refractivity contribution in [2.75, 3.05) is 0 Å². The second-order valence-corrected chi connectivity index (χ2v) is 3.55. The van der Waals surface area contributed by atoms with E-state index in [9.17, 15) is 18.0 Å². The topological polar surface area (TPSA) is 37.3 Å². The Balaban J connectivity index is 2.82. The van der Waals surface area contributed by atoms with Gasteiger partial charge in [0.1, 0.15) is 0 Å². The molecule has 1 atom stereocenters. The van der Waals surface area contributed by atoms with E-state index in [1.807, 2.05) is 0 Å². The summed E-state index contributed by atoms with van der Waals surface area (Å²) < 4.78 is 36.0. The summed E-state index contributed by atoms with van der Waals surface area (Å²) in [5.74, 6) is -2.93. The third-order valence-corrected chi connectivity index (χ3v) is 2.38. The summed E-state index contributed by atoms with van der Waals surface area (Å²) in [7, 11) is 0. The molecule has 0 bridgehead atoms. The molecule has 0 radical (unpaired) electrons. The van der Waals surface area contributed by atoms with Gasteiger partial charge < -0.3 is 5.11 Å². The number of halogens is 3. The van der Waals surface area contributed by atoms with Gasteiger partial charge >= 0.3 is 12.1 Å². The van der Waals surface area contributed by atoms with Crippen LogP contribution in [0.3, 0.4) is 0 Å². The molecule has 1 aromatic rings. The SMILES string of the molecule is O=C(O)C(CC(F)(F)F)c1ccsc1. The van der Waals surface area contributed by atoms with Crippen LogP contribution in [0.4, 0.5) is 13.2 Å². The molecule has 14 heavy (non-hydrogen) atoms. The molecule has 0 spiro atoms. The molecule has 0 aromatic carbocycles. The largest absolute Gasteiger partial charge is 0.481 e. The number of aliphatic carboxylic acids is 1. The Morgan fingerprint density at radius 1 is 1.57 bits per heavy atom. The van der Waals surface area contributed by atoms with E-state index in [0.717, 1.165) is 0 Å². The van der Waals surface area contributed by atoms with Crippen LogP contribution in [0.5, 0.6) is 0 Å². The first-order valence-corrected chi connectivity index (χ1v) is 4.66. The molecule has 1 heterocycles. The van der Waals surface area contributed by atoms with Gasteiger partial charge in [-0.1, -0.05) is 0 Å². The van der Waals surface area contributed by atoms with Crippen molar-refractivity contribution in [1.82, 2.24) is 0 Å². The average Bonchev–Trinajstić information content (AvgIpc) is 2.49. The number of carboxylic acid groups (broad SMARTS) is 1. The molecule has 78 valence electrons. The highest BCUT2D eigenvalue weighted by molar-refractivity contribution is 7.08. The first-order chi connectivity index (χ1) is 6.40. The smallest absolute Gasteiger partial charge is 0.390 e. The lowest BCUT2D eigenvalue weighted by molar-refractivity contribution is -0.157. The monoisotopic (exact) mass is 224 g/mol. The van der Waals surface area contributed by atoms with Crippen LogP contribution in [-0.4, -0.2) is 17.3 Å². The van der Waals surface area contributed by atoms with E-state index < -0.39 is 24.5 Å². The van der Waals surface area contributed by atoms with Crippen LogP contribution in [0.1, 0.15) is 17.9 Å². The molecule has 1 N–H and O–H groups in total. The minimum Gasteiger partial charge on any atom is -0.481 e. The number of carboxylic acids is 1. The van der Waals surface area contributed by atoms with Crippen molar-refractivity contribution in [2.24, 2.45) is 0 Å². The lowest BCUT2D eigenvalue weighted by Gasteiger charge is -2.12. The van der Waals surface area contributed by atoms with E-state index in [1.165, 1.54) is 22.8 Å². The van der Waals surface area contributed by atoms with Crippen LogP contribution in [0, 0.1) is 0 Å². The number of alkyl halides is 3. The van der Waals surface area contributed by atoms with Gasteiger partial charge in [-0.25, -0.2) is 0 Å². The lowest BCUT2D eigenvalue weighted by Crippen LogP contribution is -2.20. The second-order valence-electron chi connectivity index (χ2n) is 2.77. The van der Waals surface area contributed by atoms with Crippen molar-refractivity contribution in [3.8, 4) is 0 Å². The highest BCUT2D eigenvalue weighted by Gasteiger charge is 2.36. The molecular weight excluding hydrogens is 217 g/mol. The number of thiophene rings is 1. The normalized spacial score (nSPS) is 13.9. The van der Waals surface area contributed by atoms with Gasteiger partial charge in [0.05, 0.1) is 12.3 Å². The van der Waals surface area contributed by atoms with Gasteiger partial charge in [-0.05, 0) is 22.4 Å². The van der Waals surface area contributed by atoms with Crippen molar-refractivity contribution in [2.45, 2.75) is 18.5 Å². The van der Waals surface area contributed by atoms with Crippen LogP contribution in [0.25, 0.3) is 0 Å². The molecule has 0 fully saturated rings. The summed E-state index contributed by atoms with van der Waals surface area (Å²) in [6, 6.07) is 1.40. The minimum atomic E-state index is -4.45. The van der Waals surface area contributed by atoms with Gasteiger partial charge in [0.15, 0.2) is 0 Å². The maximum absolute atomic E-state index is 12.0. The van der Waals surface area contributed by atoms with Gasteiger partial charge in [0, 0.05) is 0 Å². The van der Waals surface area contributed by atoms with Crippen molar-refractivity contribution >= 4 is 17.3 Å². The number of hydrogen-bond donors (Lipinski definition) is 1. The molecule has 0 aliphatic heterocycles. The molecule has 2 nitrogen and oxygen atoms in total.